The smallest absolute Gasteiger partial charge is 0.0911 e. The molecule has 70 valence electrons. The SMILES string of the molecule is C=CC(O)C(N)c1ccccc1Cl. The van der Waals surface area contributed by atoms with Gasteiger partial charge < -0.3 is 10.8 Å². The molecule has 0 amide bonds. The Hall–Kier alpha value is -0.830. The van der Waals surface area contributed by atoms with E-state index in [2.05, 4.69) is 6.58 Å². The summed E-state index contributed by atoms with van der Waals surface area (Å²) in [7, 11) is 0. The summed E-state index contributed by atoms with van der Waals surface area (Å²) in [4.78, 5) is 0. The molecule has 0 saturated carbocycles. The van der Waals surface area contributed by atoms with Crippen molar-refractivity contribution < 1.29 is 5.11 Å². The van der Waals surface area contributed by atoms with Crippen LogP contribution in [0, 0.1) is 0 Å². The standard InChI is InChI=1S/C10H12ClNO/c1-2-9(13)10(12)7-5-3-4-6-8(7)11/h2-6,9-10,13H,1,12H2. The van der Waals surface area contributed by atoms with Crippen molar-refractivity contribution in [2.75, 3.05) is 0 Å². The van der Waals surface area contributed by atoms with E-state index in [0.717, 1.165) is 5.56 Å². The molecule has 1 aromatic carbocycles. The van der Waals surface area contributed by atoms with E-state index in [1.807, 2.05) is 12.1 Å². The summed E-state index contributed by atoms with van der Waals surface area (Å²) in [5.74, 6) is 0. The average molecular weight is 198 g/mol. The van der Waals surface area contributed by atoms with Crippen LogP contribution in [0.3, 0.4) is 0 Å². The third-order valence-corrected chi connectivity index (χ3v) is 2.22. The van der Waals surface area contributed by atoms with Gasteiger partial charge in [0, 0.05) is 5.02 Å². The Kier molecular flexibility index (Phi) is 3.48. The van der Waals surface area contributed by atoms with Gasteiger partial charge in [0.2, 0.25) is 0 Å². The second-order valence-corrected chi connectivity index (χ2v) is 3.18. The van der Waals surface area contributed by atoms with Crippen molar-refractivity contribution in [3.05, 3.63) is 47.5 Å². The van der Waals surface area contributed by atoms with Crippen molar-refractivity contribution in [1.29, 1.82) is 0 Å². The zero-order valence-corrected chi connectivity index (χ0v) is 7.91. The molecule has 1 rings (SSSR count). The summed E-state index contributed by atoms with van der Waals surface area (Å²) in [5, 5.41) is 9.97. The van der Waals surface area contributed by atoms with E-state index in [4.69, 9.17) is 17.3 Å². The molecule has 0 aliphatic carbocycles. The fourth-order valence-electron chi connectivity index (χ4n) is 1.08. The van der Waals surface area contributed by atoms with Crippen LogP contribution in [-0.2, 0) is 0 Å². The molecule has 0 aliphatic heterocycles. The number of halogens is 1. The second kappa shape index (κ2) is 4.42. The van der Waals surface area contributed by atoms with Gasteiger partial charge in [-0.3, -0.25) is 0 Å². The Morgan fingerprint density at radius 3 is 2.62 bits per heavy atom. The number of benzene rings is 1. The second-order valence-electron chi connectivity index (χ2n) is 2.77. The zero-order valence-electron chi connectivity index (χ0n) is 7.15. The van der Waals surface area contributed by atoms with Gasteiger partial charge in [-0.2, -0.15) is 0 Å². The number of hydrogen-bond donors (Lipinski definition) is 2. The third-order valence-electron chi connectivity index (χ3n) is 1.87. The number of rotatable bonds is 3. The summed E-state index contributed by atoms with van der Waals surface area (Å²) in [5.41, 5.74) is 6.48. The maximum Gasteiger partial charge on any atom is 0.0911 e. The Labute approximate surface area is 82.6 Å². The summed E-state index contributed by atoms with van der Waals surface area (Å²) in [6, 6.07) is 6.67. The van der Waals surface area contributed by atoms with E-state index in [0.29, 0.717) is 5.02 Å². The van der Waals surface area contributed by atoms with Crippen molar-refractivity contribution in [1.82, 2.24) is 0 Å². The van der Waals surface area contributed by atoms with Gasteiger partial charge in [0.05, 0.1) is 12.1 Å². The molecule has 0 heterocycles. The van der Waals surface area contributed by atoms with Crippen LogP contribution >= 0.6 is 11.6 Å². The van der Waals surface area contributed by atoms with Gasteiger partial charge in [0.15, 0.2) is 0 Å². The van der Waals surface area contributed by atoms with Crippen molar-refractivity contribution >= 4 is 11.6 Å². The lowest BCUT2D eigenvalue weighted by atomic mass is 10.0. The highest BCUT2D eigenvalue weighted by molar-refractivity contribution is 6.31. The Bertz CT molecular complexity index is 301. The van der Waals surface area contributed by atoms with Crippen LogP contribution in [0.5, 0.6) is 0 Å². The maximum absolute atomic E-state index is 9.40. The lowest BCUT2D eigenvalue weighted by Crippen LogP contribution is -2.24. The fourth-order valence-corrected chi connectivity index (χ4v) is 1.34. The molecule has 13 heavy (non-hydrogen) atoms. The van der Waals surface area contributed by atoms with E-state index < -0.39 is 12.1 Å². The minimum atomic E-state index is -0.764. The lowest BCUT2D eigenvalue weighted by molar-refractivity contribution is 0.192. The van der Waals surface area contributed by atoms with Crippen LogP contribution in [0.1, 0.15) is 11.6 Å². The molecule has 0 aliphatic rings. The third kappa shape index (κ3) is 2.31. The van der Waals surface area contributed by atoms with E-state index in [1.54, 1.807) is 12.1 Å². The summed E-state index contributed by atoms with van der Waals surface area (Å²) in [6.45, 7) is 3.46. The van der Waals surface area contributed by atoms with E-state index >= 15 is 0 Å². The van der Waals surface area contributed by atoms with E-state index in [9.17, 15) is 5.11 Å². The number of nitrogens with two attached hydrogens (primary N) is 1. The summed E-state index contributed by atoms with van der Waals surface area (Å²) < 4.78 is 0. The van der Waals surface area contributed by atoms with Gasteiger partial charge in [0.25, 0.3) is 0 Å². The predicted molar refractivity (Wildman–Crippen MR) is 54.6 cm³/mol. The molecular formula is C10H12ClNO. The molecule has 3 N–H and O–H groups in total. The van der Waals surface area contributed by atoms with Gasteiger partial charge in [-0.05, 0) is 11.6 Å². The highest BCUT2D eigenvalue weighted by atomic mass is 35.5. The quantitative estimate of drug-likeness (QED) is 0.727. The molecule has 0 bridgehead atoms. The van der Waals surface area contributed by atoms with E-state index in [-0.39, 0.29) is 0 Å². The van der Waals surface area contributed by atoms with Crippen LogP contribution in [0.25, 0.3) is 0 Å². The Balaban J connectivity index is 2.94. The Morgan fingerprint density at radius 1 is 1.46 bits per heavy atom. The molecule has 0 radical (unpaired) electrons. The minimum absolute atomic E-state index is 0.508. The van der Waals surface area contributed by atoms with Crippen LogP contribution in [0.2, 0.25) is 5.02 Å². The predicted octanol–water partition coefficient (Wildman–Crippen LogP) is 1.89. The normalized spacial score (nSPS) is 15.0. The van der Waals surface area contributed by atoms with E-state index in [1.165, 1.54) is 6.08 Å². The first-order chi connectivity index (χ1) is 6.16. The monoisotopic (exact) mass is 197 g/mol. The molecule has 0 saturated heterocycles. The zero-order chi connectivity index (χ0) is 9.84. The topological polar surface area (TPSA) is 46.2 Å². The molecule has 1 aromatic rings. The van der Waals surface area contributed by atoms with Gasteiger partial charge in [-0.1, -0.05) is 35.9 Å². The summed E-state index contributed by atoms with van der Waals surface area (Å²) in [6.07, 6.45) is 0.633. The molecule has 2 unspecified atom stereocenters. The van der Waals surface area contributed by atoms with Crippen molar-refractivity contribution in [2.24, 2.45) is 5.73 Å². The van der Waals surface area contributed by atoms with Gasteiger partial charge in [-0.15, -0.1) is 6.58 Å². The van der Waals surface area contributed by atoms with Crippen LogP contribution in [0.15, 0.2) is 36.9 Å². The molecule has 0 fully saturated rings. The molecule has 0 spiro atoms. The first-order valence-corrected chi connectivity index (χ1v) is 4.35. The van der Waals surface area contributed by atoms with Crippen molar-refractivity contribution in [3.8, 4) is 0 Å². The largest absolute Gasteiger partial charge is 0.387 e. The molecule has 2 atom stereocenters. The van der Waals surface area contributed by atoms with Gasteiger partial charge in [0.1, 0.15) is 0 Å². The fraction of sp³-hybridized carbons (Fsp3) is 0.200. The minimum Gasteiger partial charge on any atom is -0.387 e. The molecule has 3 heteroatoms. The number of aliphatic hydroxyl groups excluding tert-OH is 1. The molecule has 0 aromatic heterocycles. The van der Waals surface area contributed by atoms with Gasteiger partial charge in [-0.25, -0.2) is 0 Å². The highest BCUT2D eigenvalue weighted by Gasteiger charge is 2.15. The highest BCUT2D eigenvalue weighted by Crippen LogP contribution is 2.23. The first-order valence-electron chi connectivity index (χ1n) is 3.97. The van der Waals surface area contributed by atoms with Gasteiger partial charge >= 0.3 is 0 Å². The van der Waals surface area contributed by atoms with Crippen LogP contribution < -0.4 is 5.73 Å². The maximum atomic E-state index is 9.40. The Morgan fingerprint density at radius 2 is 2.08 bits per heavy atom. The molecule has 2 nitrogen and oxygen atoms in total. The summed E-state index contributed by atoms with van der Waals surface area (Å²) >= 11 is 5.89. The number of hydrogen-bond acceptors (Lipinski definition) is 2. The van der Waals surface area contributed by atoms with Crippen molar-refractivity contribution in [2.45, 2.75) is 12.1 Å². The van der Waals surface area contributed by atoms with Crippen LogP contribution in [-0.4, -0.2) is 11.2 Å². The molecular weight excluding hydrogens is 186 g/mol. The van der Waals surface area contributed by atoms with Crippen molar-refractivity contribution in [3.63, 3.8) is 0 Å². The lowest BCUT2D eigenvalue weighted by Gasteiger charge is -2.16. The van der Waals surface area contributed by atoms with Crippen LogP contribution in [0.4, 0.5) is 0 Å². The first kappa shape index (κ1) is 10.3. The number of aliphatic hydroxyl groups is 1. The average Bonchev–Trinajstić information content (AvgIpc) is 2.16.